The third-order valence-corrected chi connectivity index (χ3v) is 2.47. The van der Waals surface area contributed by atoms with Crippen LogP contribution in [0.4, 0.5) is 0 Å². The highest BCUT2D eigenvalue weighted by Crippen LogP contribution is 2.10. The standard InChI is InChI=1S/C9H18N3O/c1-10(2)9-11(3)6-5-8(7-13)12(9)4/h7-8H,5-6H2,1-4H3/q+1. The van der Waals surface area contributed by atoms with Gasteiger partial charge in [-0.25, -0.2) is 0 Å². The second-order valence-electron chi connectivity index (χ2n) is 3.72. The van der Waals surface area contributed by atoms with E-state index in [2.05, 4.69) is 4.90 Å². The second kappa shape index (κ2) is 3.77. The van der Waals surface area contributed by atoms with Crippen molar-refractivity contribution >= 4 is 12.2 Å². The summed E-state index contributed by atoms with van der Waals surface area (Å²) in [4.78, 5) is 14.9. The van der Waals surface area contributed by atoms with Gasteiger partial charge in [-0.3, -0.25) is 19.2 Å². The Morgan fingerprint density at radius 2 is 2.08 bits per heavy atom. The molecule has 4 nitrogen and oxygen atoms in total. The van der Waals surface area contributed by atoms with Gasteiger partial charge in [0.25, 0.3) is 0 Å². The molecule has 0 saturated carbocycles. The lowest BCUT2D eigenvalue weighted by Gasteiger charge is -2.32. The van der Waals surface area contributed by atoms with Crippen LogP contribution in [-0.4, -0.2) is 67.4 Å². The second-order valence-corrected chi connectivity index (χ2v) is 3.72. The van der Waals surface area contributed by atoms with Crippen LogP contribution >= 0.6 is 0 Å². The Bertz CT molecular complexity index is 233. The molecule has 0 aliphatic carbocycles. The van der Waals surface area contributed by atoms with Gasteiger partial charge < -0.3 is 0 Å². The smallest absolute Gasteiger partial charge is 0.299 e. The van der Waals surface area contributed by atoms with E-state index in [1.807, 2.05) is 37.7 Å². The Hall–Kier alpha value is -1.06. The first-order valence-corrected chi connectivity index (χ1v) is 4.51. The Morgan fingerprint density at radius 1 is 1.46 bits per heavy atom. The molecule has 0 aromatic carbocycles. The molecule has 1 atom stereocenters. The van der Waals surface area contributed by atoms with Crippen LogP contribution in [0.3, 0.4) is 0 Å². The van der Waals surface area contributed by atoms with Crippen molar-refractivity contribution in [3.63, 3.8) is 0 Å². The molecular formula is C9H18N3O+. The zero-order valence-electron chi connectivity index (χ0n) is 8.82. The fourth-order valence-corrected chi connectivity index (χ4v) is 1.85. The molecule has 0 radical (unpaired) electrons. The molecule has 0 N–H and O–H groups in total. The van der Waals surface area contributed by atoms with E-state index >= 15 is 0 Å². The van der Waals surface area contributed by atoms with Crippen molar-refractivity contribution < 1.29 is 9.37 Å². The van der Waals surface area contributed by atoms with Crippen LogP contribution in [-0.2, 0) is 4.79 Å². The first-order chi connectivity index (χ1) is 6.07. The summed E-state index contributed by atoms with van der Waals surface area (Å²) in [7, 11) is 8.00. The van der Waals surface area contributed by atoms with Gasteiger partial charge in [0.15, 0.2) is 6.29 Å². The summed E-state index contributed by atoms with van der Waals surface area (Å²) in [6.45, 7) is 0.946. The largest absolute Gasteiger partial charge is 0.350 e. The fraction of sp³-hybridized carbons (Fsp3) is 0.778. The average Bonchev–Trinajstić information content (AvgIpc) is 2.04. The van der Waals surface area contributed by atoms with Crippen molar-refractivity contribution in [2.45, 2.75) is 12.5 Å². The quantitative estimate of drug-likeness (QED) is 0.404. The molecule has 4 heteroatoms. The number of likely N-dealkylation sites (N-methyl/N-ethyl adjacent to an activating group) is 1. The maximum Gasteiger partial charge on any atom is 0.350 e. The minimum atomic E-state index is 0.0357. The summed E-state index contributed by atoms with van der Waals surface area (Å²) in [5.41, 5.74) is 0. The monoisotopic (exact) mass is 184 g/mol. The molecule has 1 aliphatic heterocycles. The van der Waals surface area contributed by atoms with Gasteiger partial charge in [0.05, 0.1) is 34.7 Å². The van der Waals surface area contributed by atoms with Crippen molar-refractivity contribution in [2.75, 3.05) is 34.7 Å². The molecule has 0 spiro atoms. The molecule has 0 bridgehead atoms. The van der Waals surface area contributed by atoms with Crippen molar-refractivity contribution in [1.29, 1.82) is 0 Å². The number of rotatable bonds is 1. The average molecular weight is 184 g/mol. The number of hydrogen-bond donors (Lipinski definition) is 0. The van der Waals surface area contributed by atoms with Gasteiger partial charge >= 0.3 is 5.96 Å². The first kappa shape index (κ1) is 10.0. The maximum atomic E-state index is 10.8. The lowest BCUT2D eigenvalue weighted by molar-refractivity contribution is -0.477. The van der Waals surface area contributed by atoms with Crippen molar-refractivity contribution in [1.82, 2.24) is 9.80 Å². The van der Waals surface area contributed by atoms with Gasteiger partial charge in [-0.1, -0.05) is 0 Å². The summed E-state index contributed by atoms with van der Waals surface area (Å²) in [5.74, 6) is 1.10. The Labute approximate surface area is 79.4 Å². The molecular weight excluding hydrogens is 166 g/mol. The maximum absolute atomic E-state index is 10.8. The normalized spacial score (nSPS) is 23.4. The van der Waals surface area contributed by atoms with Gasteiger partial charge in [-0.15, -0.1) is 0 Å². The van der Waals surface area contributed by atoms with Crippen LogP contribution in [0.15, 0.2) is 0 Å². The van der Waals surface area contributed by atoms with Crippen LogP contribution < -0.4 is 0 Å². The van der Waals surface area contributed by atoms with Crippen molar-refractivity contribution in [3.05, 3.63) is 0 Å². The topological polar surface area (TPSA) is 26.6 Å². The Morgan fingerprint density at radius 3 is 2.54 bits per heavy atom. The number of guanidine groups is 1. The molecule has 1 fully saturated rings. The van der Waals surface area contributed by atoms with Gasteiger partial charge in [0.1, 0.15) is 6.04 Å². The predicted molar refractivity (Wildman–Crippen MR) is 52.0 cm³/mol. The summed E-state index contributed by atoms with van der Waals surface area (Å²) < 4.78 is 2.04. The number of hydrogen-bond acceptors (Lipinski definition) is 1. The third kappa shape index (κ3) is 1.82. The Kier molecular flexibility index (Phi) is 2.90. The predicted octanol–water partition coefficient (Wildman–Crippen LogP) is -0.551. The van der Waals surface area contributed by atoms with Gasteiger partial charge in [-0.2, -0.15) is 0 Å². The van der Waals surface area contributed by atoms with E-state index in [0.29, 0.717) is 0 Å². The number of nitrogens with zero attached hydrogens (tertiary/aromatic N) is 3. The zero-order chi connectivity index (χ0) is 10.0. The van der Waals surface area contributed by atoms with Gasteiger partial charge in [0.2, 0.25) is 0 Å². The van der Waals surface area contributed by atoms with Crippen molar-refractivity contribution in [2.24, 2.45) is 0 Å². The SMILES string of the molecule is CN1CCC(C=O)N(C)C1=[N+](C)C. The minimum absolute atomic E-state index is 0.0357. The molecule has 1 aliphatic rings. The number of carbonyl (C=O) groups excluding carboxylic acids is 1. The molecule has 1 unspecified atom stereocenters. The van der Waals surface area contributed by atoms with Crippen molar-refractivity contribution in [3.8, 4) is 0 Å². The van der Waals surface area contributed by atoms with E-state index in [4.69, 9.17) is 0 Å². The van der Waals surface area contributed by atoms with E-state index < -0.39 is 0 Å². The third-order valence-electron chi connectivity index (χ3n) is 2.47. The van der Waals surface area contributed by atoms with Crippen LogP contribution in [0.5, 0.6) is 0 Å². The lowest BCUT2D eigenvalue weighted by atomic mass is 10.1. The van der Waals surface area contributed by atoms with E-state index in [-0.39, 0.29) is 6.04 Å². The fourth-order valence-electron chi connectivity index (χ4n) is 1.85. The summed E-state index contributed by atoms with van der Waals surface area (Å²) >= 11 is 0. The highest BCUT2D eigenvalue weighted by molar-refractivity contribution is 5.79. The zero-order valence-corrected chi connectivity index (χ0v) is 8.82. The molecule has 0 amide bonds. The molecule has 74 valence electrons. The summed E-state index contributed by atoms with van der Waals surface area (Å²) in [6, 6.07) is 0.0357. The molecule has 0 aromatic heterocycles. The minimum Gasteiger partial charge on any atom is -0.299 e. The first-order valence-electron chi connectivity index (χ1n) is 4.51. The van der Waals surface area contributed by atoms with Crippen LogP contribution in [0, 0.1) is 0 Å². The highest BCUT2D eigenvalue weighted by atomic mass is 16.1. The van der Waals surface area contributed by atoms with E-state index in [0.717, 1.165) is 25.2 Å². The van der Waals surface area contributed by atoms with Gasteiger partial charge in [-0.05, 0) is 0 Å². The molecule has 1 saturated heterocycles. The molecule has 0 aromatic rings. The van der Waals surface area contributed by atoms with E-state index in [9.17, 15) is 4.79 Å². The molecule has 1 rings (SSSR count). The molecule has 13 heavy (non-hydrogen) atoms. The van der Waals surface area contributed by atoms with Crippen LogP contribution in [0.25, 0.3) is 0 Å². The Balaban J connectivity index is 2.91. The number of carbonyl (C=O) groups is 1. The van der Waals surface area contributed by atoms with Gasteiger partial charge in [0, 0.05) is 6.42 Å². The summed E-state index contributed by atoms with van der Waals surface area (Å²) in [6.07, 6.45) is 1.93. The highest BCUT2D eigenvalue weighted by Gasteiger charge is 2.33. The number of aldehydes is 1. The molecule has 1 heterocycles. The lowest BCUT2D eigenvalue weighted by Crippen LogP contribution is -2.55. The summed E-state index contributed by atoms with van der Waals surface area (Å²) in [5, 5.41) is 0. The van der Waals surface area contributed by atoms with E-state index in [1.165, 1.54) is 0 Å². The van der Waals surface area contributed by atoms with E-state index in [1.54, 1.807) is 0 Å². The van der Waals surface area contributed by atoms with Crippen LogP contribution in [0.2, 0.25) is 0 Å². The van der Waals surface area contributed by atoms with Crippen LogP contribution in [0.1, 0.15) is 6.42 Å².